The van der Waals surface area contributed by atoms with E-state index in [0.29, 0.717) is 29.3 Å². The number of nitrogens with one attached hydrogen (secondary N) is 1. The number of nitrogens with zero attached hydrogens (tertiary/aromatic N) is 1. The number of halogens is 2. The number of carboxylic acid groups (broad SMARTS) is 1. The van der Waals surface area contributed by atoms with E-state index in [-0.39, 0.29) is 30.2 Å². The highest BCUT2D eigenvalue weighted by molar-refractivity contribution is 7.69. The van der Waals surface area contributed by atoms with Crippen LogP contribution in [0.15, 0.2) is 48.5 Å². The summed E-state index contributed by atoms with van der Waals surface area (Å²) in [7, 11) is -2.89. The number of hydrogen-bond donors (Lipinski definition) is 3. The van der Waals surface area contributed by atoms with Crippen LogP contribution in [-0.2, 0) is 20.5 Å². The van der Waals surface area contributed by atoms with E-state index in [0.717, 1.165) is 30.4 Å². The van der Waals surface area contributed by atoms with Gasteiger partial charge in [0.25, 0.3) is 0 Å². The molecule has 2 fully saturated rings. The van der Waals surface area contributed by atoms with Crippen molar-refractivity contribution >= 4 is 46.0 Å². The van der Waals surface area contributed by atoms with Crippen molar-refractivity contribution in [1.29, 1.82) is 0 Å². The van der Waals surface area contributed by atoms with E-state index in [9.17, 15) is 23.1 Å². The van der Waals surface area contributed by atoms with Gasteiger partial charge in [-0.2, -0.15) is 4.31 Å². The van der Waals surface area contributed by atoms with Crippen molar-refractivity contribution < 1.29 is 23.1 Å². The highest BCUT2D eigenvalue weighted by Crippen LogP contribution is 2.49. The molecule has 1 saturated carbocycles. The molecule has 2 aromatic rings. The quantitative estimate of drug-likeness (QED) is 0.257. The van der Waals surface area contributed by atoms with Gasteiger partial charge < -0.3 is 10.4 Å². The maximum absolute atomic E-state index is 13.4. The topological polar surface area (TPSA) is 104 Å². The number of aliphatic carboxylic acids is 1. The van der Waals surface area contributed by atoms with E-state index in [1.807, 2.05) is 44.2 Å². The maximum Gasteiger partial charge on any atom is 0.304 e. The maximum atomic E-state index is 13.4. The van der Waals surface area contributed by atoms with Crippen molar-refractivity contribution in [3.05, 3.63) is 69.7 Å². The van der Waals surface area contributed by atoms with Crippen LogP contribution in [-0.4, -0.2) is 41.3 Å². The van der Waals surface area contributed by atoms with E-state index < -0.39 is 33.9 Å². The highest BCUT2D eigenvalue weighted by Gasteiger charge is 2.50. The Bertz CT molecular complexity index is 1300. The Kier molecular flexibility index (Phi) is 9.55. The van der Waals surface area contributed by atoms with Gasteiger partial charge in [0, 0.05) is 27.5 Å². The minimum atomic E-state index is -2.89. The first-order chi connectivity index (χ1) is 18.9. The second-order valence-electron chi connectivity index (χ2n) is 11.8. The molecule has 2 aliphatic rings. The van der Waals surface area contributed by atoms with Crippen LogP contribution in [0.4, 0.5) is 0 Å². The zero-order valence-electron chi connectivity index (χ0n) is 23.1. The molecule has 0 radical (unpaired) electrons. The lowest BCUT2D eigenvalue weighted by Gasteiger charge is -2.51. The summed E-state index contributed by atoms with van der Waals surface area (Å²) in [5.74, 6) is -1.70. The van der Waals surface area contributed by atoms with Gasteiger partial charge in [-0.1, -0.05) is 68.2 Å². The standard InChI is InChI=1S/C30H38Cl2N2O5S/c1-4-30(13-6-14-30)34(40(38)39)25(20-9-11-22(31)12-10-20)15-19(2)27-24(21-7-5-8-23(32)16-21)17-29(3,18-26(35)36)28(37)33-27/h5,7-12,16,19,24-25,27,40H,4,6,13-15,17-18H2,1-3H3,(H,33,37)(H,35,36). The fourth-order valence-corrected chi connectivity index (χ4v) is 8.19. The number of benzene rings is 2. The Labute approximate surface area is 248 Å². The van der Waals surface area contributed by atoms with Crippen molar-refractivity contribution in [3.63, 3.8) is 0 Å². The van der Waals surface area contributed by atoms with Gasteiger partial charge in [-0.3, -0.25) is 9.59 Å². The molecule has 0 aromatic heterocycles. The van der Waals surface area contributed by atoms with Gasteiger partial charge in [-0.05, 0) is 79.8 Å². The molecule has 5 unspecified atom stereocenters. The fourth-order valence-electron chi connectivity index (χ4n) is 6.73. The predicted molar refractivity (Wildman–Crippen MR) is 158 cm³/mol. The summed E-state index contributed by atoms with van der Waals surface area (Å²) in [5, 5.41) is 13.8. The summed E-state index contributed by atoms with van der Waals surface area (Å²) in [6, 6.07) is 14.0. The van der Waals surface area contributed by atoms with E-state index in [1.165, 1.54) is 0 Å². The third kappa shape index (κ3) is 6.35. The largest absolute Gasteiger partial charge is 0.481 e. The summed E-state index contributed by atoms with van der Waals surface area (Å²) in [5.41, 5.74) is 0.251. The average molecular weight is 610 g/mol. The van der Waals surface area contributed by atoms with Crippen molar-refractivity contribution in [3.8, 4) is 0 Å². The average Bonchev–Trinajstić information content (AvgIpc) is 2.86. The minimum Gasteiger partial charge on any atom is -0.481 e. The predicted octanol–water partition coefficient (Wildman–Crippen LogP) is 6.38. The number of amides is 1. The van der Waals surface area contributed by atoms with Crippen molar-refractivity contribution in [1.82, 2.24) is 9.62 Å². The number of thiol groups is 1. The molecule has 2 N–H and O–H groups in total. The number of carbonyl (C=O) groups excluding carboxylic acids is 1. The van der Waals surface area contributed by atoms with Gasteiger partial charge in [0.15, 0.2) is 0 Å². The van der Waals surface area contributed by atoms with Gasteiger partial charge >= 0.3 is 5.97 Å². The van der Waals surface area contributed by atoms with Crippen LogP contribution >= 0.6 is 23.2 Å². The summed E-state index contributed by atoms with van der Waals surface area (Å²) in [4.78, 5) is 25.1. The molecule has 0 spiro atoms. The molecule has 2 aromatic carbocycles. The van der Waals surface area contributed by atoms with E-state index in [1.54, 1.807) is 29.4 Å². The van der Waals surface area contributed by atoms with Gasteiger partial charge in [-0.25, -0.2) is 8.42 Å². The third-order valence-electron chi connectivity index (χ3n) is 9.13. The van der Waals surface area contributed by atoms with Gasteiger partial charge in [-0.15, -0.1) is 0 Å². The first kappa shape index (κ1) is 30.8. The van der Waals surface area contributed by atoms with Crippen molar-refractivity contribution in [2.45, 2.75) is 89.3 Å². The van der Waals surface area contributed by atoms with Crippen LogP contribution in [0.1, 0.15) is 88.8 Å². The Morgan fingerprint density at radius 2 is 1.82 bits per heavy atom. The number of carboxylic acids is 1. The van der Waals surface area contributed by atoms with Crippen molar-refractivity contribution in [2.75, 3.05) is 0 Å². The molecule has 1 amide bonds. The molecule has 5 atom stereocenters. The van der Waals surface area contributed by atoms with Crippen LogP contribution in [0.25, 0.3) is 0 Å². The Balaban J connectivity index is 1.74. The Hall–Kier alpha value is -2.13. The molecular formula is C30H38Cl2N2O5S. The van der Waals surface area contributed by atoms with Crippen molar-refractivity contribution in [2.24, 2.45) is 11.3 Å². The molecular weight excluding hydrogens is 571 g/mol. The second kappa shape index (κ2) is 12.4. The molecule has 4 rings (SSSR count). The molecule has 10 heteroatoms. The number of hydrogen-bond acceptors (Lipinski definition) is 4. The lowest BCUT2D eigenvalue weighted by Crippen LogP contribution is -2.57. The Morgan fingerprint density at radius 1 is 1.15 bits per heavy atom. The molecule has 218 valence electrons. The van der Waals surface area contributed by atoms with Crippen LogP contribution < -0.4 is 5.32 Å². The minimum absolute atomic E-state index is 0.158. The molecule has 0 bridgehead atoms. The molecule has 1 saturated heterocycles. The number of piperidine rings is 1. The summed E-state index contributed by atoms with van der Waals surface area (Å²) < 4.78 is 27.5. The number of carbonyl (C=O) groups is 2. The van der Waals surface area contributed by atoms with Gasteiger partial charge in [0.05, 0.1) is 17.9 Å². The lowest BCUT2D eigenvalue weighted by molar-refractivity contribution is -0.147. The summed E-state index contributed by atoms with van der Waals surface area (Å²) >= 11 is 12.5. The normalized spacial score (nSPS) is 25.7. The first-order valence-corrected chi connectivity index (χ1v) is 15.7. The van der Waals surface area contributed by atoms with Gasteiger partial charge in [0.2, 0.25) is 16.8 Å². The molecule has 1 aliphatic carbocycles. The van der Waals surface area contributed by atoms with E-state index in [2.05, 4.69) is 5.32 Å². The van der Waals surface area contributed by atoms with Crippen LogP contribution in [0.2, 0.25) is 10.0 Å². The molecule has 1 aliphatic heterocycles. The summed E-state index contributed by atoms with van der Waals surface area (Å²) in [6.45, 7) is 5.75. The molecule has 1 heterocycles. The number of rotatable bonds is 11. The smallest absolute Gasteiger partial charge is 0.304 e. The third-order valence-corrected chi connectivity index (χ3v) is 10.7. The van der Waals surface area contributed by atoms with E-state index in [4.69, 9.17) is 23.2 Å². The van der Waals surface area contributed by atoms with Crippen LogP contribution in [0, 0.1) is 11.3 Å². The lowest BCUT2D eigenvalue weighted by atomic mass is 9.66. The first-order valence-electron chi connectivity index (χ1n) is 13.9. The zero-order valence-corrected chi connectivity index (χ0v) is 25.5. The van der Waals surface area contributed by atoms with Crippen LogP contribution in [0.5, 0.6) is 0 Å². The second-order valence-corrected chi connectivity index (χ2v) is 13.6. The van der Waals surface area contributed by atoms with E-state index >= 15 is 0 Å². The summed E-state index contributed by atoms with van der Waals surface area (Å²) in [6.07, 6.45) is 3.83. The fraction of sp³-hybridized carbons (Fsp3) is 0.533. The van der Waals surface area contributed by atoms with Crippen LogP contribution in [0.3, 0.4) is 0 Å². The Morgan fingerprint density at radius 3 is 2.35 bits per heavy atom. The molecule has 40 heavy (non-hydrogen) atoms. The molecule has 7 nitrogen and oxygen atoms in total. The highest BCUT2D eigenvalue weighted by atomic mass is 35.5. The zero-order chi connectivity index (χ0) is 29.2. The van der Waals surface area contributed by atoms with Gasteiger partial charge in [0.1, 0.15) is 0 Å². The SMILES string of the molecule is CCC1(N(C(CC(C)C2NC(=O)C(C)(CC(=O)O)CC2c2cccc(Cl)c2)c2ccc(Cl)cc2)[SH](=O)=O)CCC1. The monoisotopic (exact) mass is 608 g/mol.